The summed E-state index contributed by atoms with van der Waals surface area (Å²) in [6, 6.07) is 7.78. The summed E-state index contributed by atoms with van der Waals surface area (Å²) in [6.45, 7) is 2.61. The van der Waals surface area contributed by atoms with Crippen LogP contribution in [0.2, 0.25) is 0 Å². The highest BCUT2D eigenvalue weighted by Gasteiger charge is 2.23. The Morgan fingerprint density at radius 1 is 1.32 bits per heavy atom. The lowest BCUT2D eigenvalue weighted by atomic mass is 10.00. The first-order chi connectivity index (χ1) is 11.9. The van der Waals surface area contributed by atoms with Gasteiger partial charge in [-0.05, 0) is 37.4 Å². The number of rotatable bonds is 6. The minimum absolute atomic E-state index is 0.230. The van der Waals surface area contributed by atoms with E-state index in [0.29, 0.717) is 0 Å². The first kappa shape index (κ1) is 17.9. The van der Waals surface area contributed by atoms with Gasteiger partial charge in [-0.15, -0.1) is 0 Å². The molecule has 0 amide bonds. The van der Waals surface area contributed by atoms with Crippen LogP contribution in [0.15, 0.2) is 36.7 Å². The quantitative estimate of drug-likeness (QED) is 0.787. The van der Waals surface area contributed by atoms with Crippen LogP contribution in [0.1, 0.15) is 18.4 Å². The minimum Gasteiger partial charge on any atom is -0.494 e. The van der Waals surface area contributed by atoms with Gasteiger partial charge in [-0.25, -0.2) is 13.1 Å². The molecule has 1 unspecified atom stereocenters. The van der Waals surface area contributed by atoms with E-state index < -0.39 is 9.84 Å². The first-order valence-electron chi connectivity index (χ1n) is 8.51. The Balaban J connectivity index is 1.67. The number of hydrogen-bond acceptors (Lipinski definition) is 5. The Labute approximate surface area is 149 Å². The van der Waals surface area contributed by atoms with E-state index in [0.717, 1.165) is 49.5 Å². The topological polar surface area (TPSA) is 64.4 Å². The summed E-state index contributed by atoms with van der Waals surface area (Å²) >= 11 is 0. The van der Waals surface area contributed by atoms with Gasteiger partial charge in [-0.2, -0.15) is 5.10 Å². The Morgan fingerprint density at radius 2 is 2.12 bits per heavy atom. The van der Waals surface area contributed by atoms with Gasteiger partial charge in [0.1, 0.15) is 21.3 Å². The van der Waals surface area contributed by atoms with Crippen molar-refractivity contribution in [2.24, 2.45) is 5.92 Å². The van der Waals surface area contributed by atoms with E-state index in [4.69, 9.17) is 4.74 Å². The monoisotopic (exact) mass is 363 g/mol. The average molecular weight is 363 g/mol. The van der Waals surface area contributed by atoms with Crippen LogP contribution < -0.4 is 4.74 Å². The lowest BCUT2D eigenvalue weighted by Gasteiger charge is -2.32. The molecule has 1 aliphatic heterocycles. The molecule has 1 aliphatic rings. The van der Waals surface area contributed by atoms with Crippen LogP contribution in [0, 0.1) is 5.92 Å². The molecule has 0 radical (unpaired) electrons. The van der Waals surface area contributed by atoms with Gasteiger partial charge < -0.3 is 4.74 Å². The van der Waals surface area contributed by atoms with Crippen LogP contribution in [-0.4, -0.2) is 55.3 Å². The van der Waals surface area contributed by atoms with Gasteiger partial charge in [0.25, 0.3) is 0 Å². The number of piperidine rings is 1. The van der Waals surface area contributed by atoms with E-state index in [2.05, 4.69) is 10.00 Å². The second-order valence-corrected chi connectivity index (χ2v) is 8.99. The molecule has 0 bridgehead atoms. The molecule has 1 aromatic heterocycles. The molecular weight excluding hydrogens is 338 g/mol. The second-order valence-electron chi connectivity index (χ2n) is 6.80. The lowest BCUT2D eigenvalue weighted by Crippen LogP contribution is -2.37. The number of hydrogen-bond donors (Lipinski definition) is 0. The molecule has 1 atom stereocenters. The SMILES string of the molecule is COc1ccccc1-n1cc(CN2CCCC(CS(C)(=O)=O)C2)cn1. The fraction of sp³-hybridized carbons (Fsp3) is 0.500. The number of methoxy groups -OCH3 is 1. The molecule has 25 heavy (non-hydrogen) atoms. The van der Waals surface area contributed by atoms with Crippen molar-refractivity contribution in [2.75, 3.05) is 32.2 Å². The van der Waals surface area contributed by atoms with Crippen molar-refractivity contribution in [3.05, 3.63) is 42.2 Å². The van der Waals surface area contributed by atoms with Crippen molar-refractivity contribution in [1.29, 1.82) is 0 Å². The van der Waals surface area contributed by atoms with E-state index in [1.54, 1.807) is 7.11 Å². The van der Waals surface area contributed by atoms with Crippen molar-refractivity contribution < 1.29 is 13.2 Å². The van der Waals surface area contributed by atoms with Crippen LogP contribution in [0.25, 0.3) is 5.69 Å². The zero-order chi connectivity index (χ0) is 17.9. The standard InChI is InChI=1S/C18H25N3O3S/c1-24-18-8-4-3-7-17(18)21-13-16(10-19-21)12-20-9-5-6-15(11-20)14-25(2,22)23/h3-4,7-8,10,13,15H,5-6,9,11-12,14H2,1-2H3. The molecule has 3 rings (SSSR count). The summed E-state index contributed by atoms with van der Waals surface area (Å²) in [5.41, 5.74) is 2.02. The number of benzene rings is 1. The zero-order valence-corrected chi connectivity index (χ0v) is 15.6. The van der Waals surface area contributed by atoms with Gasteiger partial charge in [-0.3, -0.25) is 4.90 Å². The second kappa shape index (κ2) is 7.58. The number of para-hydroxylation sites is 2. The van der Waals surface area contributed by atoms with Gasteiger partial charge >= 0.3 is 0 Å². The van der Waals surface area contributed by atoms with Gasteiger partial charge in [-0.1, -0.05) is 12.1 Å². The summed E-state index contributed by atoms with van der Waals surface area (Å²) in [4.78, 5) is 2.32. The summed E-state index contributed by atoms with van der Waals surface area (Å²) in [5.74, 6) is 1.29. The molecule has 1 fully saturated rings. The Bertz CT molecular complexity index is 816. The molecule has 6 nitrogen and oxygen atoms in total. The largest absolute Gasteiger partial charge is 0.494 e. The third-order valence-corrected chi connectivity index (χ3v) is 5.59. The summed E-state index contributed by atoms with van der Waals surface area (Å²) < 4.78 is 30.3. The molecular formula is C18H25N3O3S. The van der Waals surface area contributed by atoms with Crippen molar-refractivity contribution >= 4 is 9.84 Å². The lowest BCUT2D eigenvalue weighted by molar-refractivity contribution is 0.178. The molecule has 0 aliphatic carbocycles. The predicted molar refractivity (Wildman–Crippen MR) is 97.8 cm³/mol. The van der Waals surface area contributed by atoms with E-state index >= 15 is 0 Å². The Hall–Kier alpha value is -1.86. The molecule has 0 N–H and O–H groups in total. The van der Waals surface area contributed by atoms with E-state index in [1.807, 2.05) is 41.3 Å². The van der Waals surface area contributed by atoms with Crippen molar-refractivity contribution in [3.63, 3.8) is 0 Å². The predicted octanol–water partition coefficient (Wildman–Crippen LogP) is 2.14. The van der Waals surface area contributed by atoms with Gasteiger partial charge in [0.2, 0.25) is 0 Å². The normalized spacial score (nSPS) is 19.0. The van der Waals surface area contributed by atoms with Crippen LogP contribution in [0.3, 0.4) is 0 Å². The molecule has 0 spiro atoms. The first-order valence-corrected chi connectivity index (χ1v) is 10.6. The highest BCUT2D eigenvalue weighted by atomic mass is 32.2. The fourth-order valence-electron chi connectivity index (χ4n) is 3.51. The third kappa shape index (κ3) is 4.83. The zero-order valence-electron chi connectivity index (χ0n) is 14.8. The fourth-order valence-corrected chi connectivity index (χ4v) is 4.64. The molecule has 0 saturated carbocycles. The average Bonchev–Trinajstić information content (AvgIpc) is 3.02. The van der Waals surface area contributed by atoms with Crippen LogP contribution >= 0.6 is 0 Å². The third-order valence-electron chi connectivity index (χ3n) is 4.52. The van der Waals surface area contributed by atoms with Crippen LogP contribution in [-0.2, 0) is 16.4 Å². The van der Waals surface area contributed by atoms with Gasteiger partial charge in [0, 0.05) is 31.1 Å². The van der Waals surface area contributed by atoms with Crippen molar-refractivity contribution in [1.82, 2.24) is 14.7 Å². The molecule has 2 aromatic rings. The maximum absolute atomic E-state index is 11.5. The summed E-state index contributed by atoms with van der Waals surface area (Å²) in [7, 11) is -1.26. The molecule has 1 saturated heterocycles. The van der Waals surface area contributed by atoms with E-state index in [9.17, 15) is 8.42 Å². The van der Waals surface area contributed by atoms with Crippen molar-refractivity contribution in [3.8, 4) is 11.4 Å². The maximum Gasteiger partial charge on any atom is 0.147 e. The van der Waals surface area contributed by atoms with Gasteiger partial charge in [0.05, 0.1) is 19.1 Å². The number of nitrogens with zero attached hydrogens (tertiary/aromatic N) is 3. The van der Waals surface area contributed by atoms with Gasteiger partial charge in [0.15, 0.2) is 0 Å². The summed E-state index contributed by atoms with van der Waals surface area (Å²) in [5, 5.41) is 4.45. The molecule has 7 heteroatoms. The smallest absolute Gasteiger partial charge is 0.147 e. The molecule has 136 valence electrons. The highest BCUT2D eigenvalue weighted by molar-refractivity contribution is 7.90. The molecule has 2 heterocycles. The Morgan fingerprint density at radius 3 is 2.88 bits per heavy atom. The minimum atomic E-state index is -2.92. The summed E-state index contributed by atoms with van der Waals surface area (Å²) in [6.07, 6.45) is 7.23. The van der Waals surface area contributed by atoms with Crippen LogP contribution in [0.5, 0.6) is 5.75 Å². The van der Waals surface area contributed by atoms with Crippen LogP contribution in [0.4, 0.5) is 0 Å². The maximum atomic E-state index is 11.5. The number of likely N-dealkylation sites (tertiary alicyclic amines) is 1. The highest BCUT2D eigenvalue weighted by Crippen LogP contribution is 2.23. The van der Waals surface area contributed by atoms with Crippen molar-refractivity contribution in [2.45, 2.75) is 19.4 Å². The number of ether oxygens (including phenoxy) is 1. The number of sulfone groups is 1. The Kier molecular flexibility index (Phi) is 5.44. The molecule has 1 aromatic carbocycles. The number of aromatic nitrogens is 2. The van der Waals surface area contributed by atoms with E-state index in [1.165, 1.54) is 6.26 Å². The van der Waals surface area contributed by atoms with E-state index in [-0.39, 0.29) is 11.7 Å².